The molecule has 16 heavy (non-hydrogen) atoms. The van der Waals surface area contributed by atoms with Crippen molar-refractivity contribution in [2.24, 2.45) is 11.1 Å². The third kappa shape index (κ3) is 2.13. The summed E-state index contributed by atoms with van der Waals surface area (Å²) in [5.74, 6) is 0. The molecule has 94 valence electrons. The summed E-state index contributed by atoms with van der Waals surface area (Å²) in [6.45, 7) is 2.77. The van der Waals surface area contributed by atoms with Crippen LogP contribution in [0.15, 0.2) is 0 Å². The standard InChI is InChI=1S/C13H25NO2/c1-10(9-15-2)16-12-8-11(14)13(12)6-4-3-5-7-13/h10-12H,3-9,14H2,1-2H3. The Morgan fingerprint density at radius 1 is 1.31 bits per heavy atom. The van der Waals surface area contributed by atoms with Crippen molar-refractivity contribution in [1.29, 1.82) is 0 Å². The van der Waals surface area contributed by atoms with Crippen molar-refractivity contribution < 1.29 is 9.47 Å². The first-order valence-corrected chi connectivity index (χ1v) is 6.59. The molecule has 2 saturated carbocycles. The summed E-state index contributed by atoms with van der Waals surface area (Å²) in [6.07, 6.45) is 8.16. The van der Waals surface area contributed by atoms with Gasteiger partial charge in [0.05, 0.1) is 18.8 Å². The molecule has 0 aliphatic heterocycles. The van der Waals surface area contributed by atoms with E-state index in [0.717, 1.165) is 6.42 Å². The SMILES string of the molecule is COCC(C)OC1CC(N)C12CCCCC2. The van der Waals surface area contributed by atoms with Crippen LogP contribution < -0.4 is 5.73 Å². The van der Waals surface area contributed by atoms with Gasteiger partial charge in [-0.25, -0.2) is 0 Å². The molecule has 0 amide bonds. The van der Waals surface area contributed by atoms with Gasteiger partial charge in [0.25, 0.3) is 0 Å². The van der Waals surface area contributed by atoms with Gasteiger partial charge in [0.15, 0.2) is 0 Å². The van der Waals surface area contributed by atoms with Crippen molar-refractivity contribution >= 4 is 0 Å². The van der Waals surface area contributed by atoms with Crippen LogP contribution in [0.25, 0.3) is 0 Å². The summed E-state index contributed by atoms with van der Waals surface area (Å²) in [4.78, 5) is 0. The van der Waals surface area contributed by atoms with E-state index in [2.05, 4.69) is 6.92 Å². The van der Waals surface area contributed by atoms with E-state index >= 15 is 0 Å². The number of methoxy groups -OCH3 is 1. The monoisotopic (exact) mass is 227 g/mol. The van der Waals surface area contributed by atoms with E-state index in [0.29, 0.717) is 24.2 Å². The normalized spacial score (nSPS) is 34.7. The van der Waals surface area contributed by atoms with Crippen LogP contribution in [-0.2, 0) is 9.47 Å². The lowest BCUT2D eigenvalue weighted by Gasteiger charge is -2.56. The molecule has 0 saturated heterocycles. The summed E-state index contributed by atoms with van der Waals surface area (Å²) in [5.41, 5.74) is 6.52. The predicted molar refractivity (Wildman–Crippen MR) is 64.3 cm³/mol. The lowest BCUT2D eigenvalue weighted by atomic mass is 9.55. The molecule has 2 aliphatic carbocycles. The van der Waals surface area contributed by atoms with E-state index in [1.54, 1.807) is 7.11 Å². The van der Waals surface area contributed by atoms with E-state index in [1.807, 2.05) is 0 Å². The molecule has 3 unspecified atom stereocenters. The zero-order valence-corrected chi connectivity index (χ0v) is 10.6. The van der Waals surface area contributed by atoms with E-state index in [9.17, 15) is 0 Å². The van der Waals surface area contributed by atoms with Crippen LogP contribution in [-0.4, -0.2) is 32.0 Å². The third-order valence-corrected chi connectivity index (χ3v) is 4.43. The Balaban J connectivity index is 1.90. The topological polar surface area (TPSA) is 44.5 Å². The second-order valence-corrected chi connectivity index (χ2v) is 5.53. The average molecular weight is 227 g/mol. The van der Waals surface area contributed by atoms with Crippen molar-refractivity contribution in [2.45, 2.75) is 63.7 Å². The molecule has 0 aromatic heterocycles. The van der Waals surface area contributed by atoms with Gasteiger partial charge in [-0.3, -0.25) is 0 Å². The van der Waals surface area contributed by atoms with E-state index in [-0.39, 0.29) is 6.10 Å². The maximum atomic E-state index is 6.22. The van der Waals surface area contributed by atoms with E-state index in [1.165, 1.54) is 32.1 Å². The minimum atomic E-state index is 0.196. The first kappa shape index (κ1) is 12.3. The van der Waals surface area contributed by atoms with Crippen LogP contribution in [0.3, 0.4) is 0 Å². The number of ether oxygens (including phenoxy) is 2. The van der Waals surface area contributed by atoms with Gasteiger partial charge in [-0.1, -0.05) is 19.3 Å². The van der Waals surface area contributed by atoms with Gasteiger partial charge >= 0.3 is 0 Å². The third-order valence-electron chi connectivity index (χ3n) is 4.43. The molecular formula is C13H25NO2. The number of rotatable bonds is 4. The predicted octanol–water partition coefficient (Wildman–Crippen LogP) is 2.09. The van der Waals surface area contributed by atoms with Crippen LogP contribution in [0.2, 0.25) is 0 Å². The smallest absolute Gasteiger partial charge is 0.0784 e. The molecule has 0 aromatic carbocycles. The van der Waals surface area contributed by atoms with Gasteiger partial charge in [-0.05, 0) is 26.2 Å². The lowest BCUT2D eigenvalue weighted by molar-refractivity contribution is -0.173. The van der Waals surface area contributed by atoms with Crippen molar-refractivity contribution in [2.75, 3.05) is 13.7 Å². The molecule has 1 spiro atoms. The van der Waals surface area contributed by atoms with Gasteiger partial charge in [0.2, 0.25) is 0 Å². The Kier molecular flexibility index (Phi) is 3.88. The van der Waals surface area contributed by atoms with Crippen LogP contribution in [0.4, 0.5) is 0 Å². The second kappa shape index (κ2) is 5.03. The minimum absolute atomic E-state index is 0.196. The van der Waals surface area contributed by atoms with Crippen molar-refractivity contribution in [3.63, 3.8) is 0 Å². The summed E-state index contributed by atoms with van der Waals surface area (Å²) in [7, 11) is 1.72. The molecule has 0 bridgehead atoms. The summed E-state index contributed by atoms with van der Waals surface area (Å²) in [6, 6.07) is 0.368. The van der Waals surface area contributed by atoms with Crippen LogP contribution in [0, 0.1) is 5.41 Å². The maximum absolute atomic E-state index is 6.22. The molecular weight excluding hydrogens is 202 g/mol. The summed E-state index contributed by atoms with van der Waals surface area (Å²) < 4.78 is 11.2. The van der Waals surface area contributed by atoms with Crippen LogP contribution >= 0.6 is 0 Å². The van der Waals surface area contributed by atoms with Crippen molar-refractivity contribution in [1.82, 2.24) is 0 Å². The summed E-state index contributed by atoms with van der Waals surface area (Å²) >= 11 is 0. The van der Waals surface area contributed by atoms with Gasteiger partial charge < -0.3 is 15.2 Å². The Hall–Kier alpha value is -0.120. The molecule has 2 fully saturated rings. The fraction of sp³-hybridized carbons (Fsp3) is 1.00. The van der Waals surface area contributed by atoms with Crippen molar-refractivity contribution in [3.05, 3.63) is 0 Å². The highest BCUT2D eigenvalue weighted by Crippen LogP contribution is 2.52. The molecule has 2 rings (SSSR count). The van der Waals surface area contributed by atoms with Gasteiger partial charge in [0.1, 0.15) is 0 Å². The zero-order chi connectivity index (χ0) is 11.6. The molecule has 0 radical (unpaired) electrons. The fourth-order valence-electron chi connectivity index (χ4n) is 3.43. The Morgan fingerprint density at radius 3 is 2.56 bits per heavy atom. The minimum Gasteiger partial charge on any atom is -0.382 e. The quantitative estimate of drug-likeness (QED) is 0.800. The lowest BCUT2D eigenvalue weighted by Crippen LogP contribution is -2.63. The number of hydrogen-bond acceptors (Lipinski definition) is 3. The highest BCUT2D eigenvalue weighted by molar-refractivity contribution is 5.07. The molecule has 0 aromatic rings. The zero-order valence-electron chi connectivity index (χ0n) is 10.6. The Bertz CT molecular complexity index is 226. The van der Waals surface area contributed by atoms with Crippen LogP contribution in [0.1, 0.15) is 45.4 Å². The molecule has 2 N–H and O–H groups in total. The first-order chi connectivity index (χ1) is 7.69. The highest BCUT2D eigenvalue weighted by atomic mass is 16.5. The van der Waals surface area contributed by atoms with Gasteiger partial charge in [0, 0.05) is 18.6 Å². The largest absolute Gasteiger partial charge is 0.382 e. The first-order valence-electron chi connectivity index (χ1n) is 6.59. The van der Waals surface area contributed by atoms with E-state index < -0.39 is 0 Å². The fourth-order valence-corrected chi connectivity index (χ4v) is 3.43. The maximum Gasteiger partial charge on any atom is 0.0784 e. The van der Waals surface area contributed by atoms with E-state index in [4.69, 9.17) is 15.2 Å². The second-order valence-electron chi connectivity index (χ2n) is 5.53. The highest BCUT2D eigenvalue weighted by Gasteiger charge is 2.54. The van der Waals surface area contributed by atoms with Gasteiger partial charge in [-0.15, -0.1) is 0 Å². The molecule has 2 aliphatic rings. The molecule has 3 heteroatoms. The number of hydrogen-bond donors (Lipinski definition) is 1. The molecule has 3 nitrogen and oxygen atoms in total. The molecule has 0 heterocycles. The van der Waals surface area contributed by atoms with Gasteiger partial charge in [-0.2, -0.15) is 0 Å². The van der Waals surface area contributed by atoms with Crippen LogP contribution in [0.5, 0.6) is 0 Å². The molecule has 3 atom stereocenters. The summed E-state index contributed by atoms with van der Waals surface area (Å²) in [5, 5.41) is 0. The Labute approximate surface area is 98.7 Å². The van der Waals surface area contributed by atoms with Crippen molar-refractivity contribution in [3.8, 4) is 0 Å². The Morgan fingerprint density at radius 2 is 2.00 bits per heavy atom. The average Bonchev–Trinajstić information content (AvgIpc) is 2.30. The number of nitrogens with two attached hydrogens (primary N) is 1.